The first-order valence-corrected chi connectivity index (χ1v) is 5.15. The van der Waals surface area contributed by atoms with Gasteiger partial charge in [0.1, 0.15) is 5.75 Å². The average molecular weight is 246 g/mol. The Morgan fingerprint density at radius 1 is 1.06 bits per heavy atom. The topological polar surface area (TPSA) is 94.8 Å². The highest BCUT2D eigenvalue weighted by atomic mass is 16.4. The van der Waals surface area contributed by atoms with Gasteiger partial charge in [0, 0.05) is 5.39 Å². The van der Waals surface area contributed by atoms with Crippen LogP contribution in [0.3, 0.4) is 0 Å². The molecule has 2 rings (SSSR count). The van der Waals surface area contributed by atoms with E-state index < -0.39 is 11.9 Å². The fourth-order valence-electron chi connectivity index (χ4n) is 1.96. The van der Waals surface area contributed by atoms with E-state index in [-0.39, 0.29) is 22.3 Å². The molecule has 2 aromatic rings. The van der Waals surface area contributed by atoms with Crippen LogP contribution in [0, 0.1) is 6.92 Å². The molecule has 0 aliphatic heterocycles. The van der Waals surface area contributed by atoms with Gasteiger partial charge >= 0.3 is 11.9 Å². The molecule has 0 aliphatic carbocycles. The lowest BCUT2D eigenvalue weighted by molar-refractivity contribution is 0.0695. The van der Waals surface area contributed by atoms with Gasteiger partial charge in [-0.3, -0.25) is 0 Å². The maximum absolute atomic E-state index is 11.1. The average Bonchev–Trinajstić information content (AvgIpc) is 2.32. The second-order valence-electron chi connectivity index (χ2n) is 3.91. The summed E-state index contributed by atoms with van der Waals surface area (Å²) in [5.74, 6) is -2.64. The third kappa shape index (κ3) is 1.66. The van der Waals surface area contributed by atoms with Crippen LogP contribution < -0.4 is 0 Å². The summed E-state index contributed by atoms with van der Waals surface area (Å²) in [6.07, 6.45) is 0. The first-order chi connectivity index (χ1) is 8.43. The van der Waals surface area contributed by atoms with E-state index in [1.807, 2.05) is 0 Å². The van der Waals surface area contributed by atoms with Crippen molar-refractivity contribution >= 4 is 22.7 Å². The SMILES string of the molecule is Cc1c(O)cc(C(=O)O)c2c(C(=O)O)cccc12. The number of carboxylic acid groups (broad SMARTS) is 2. The first kappa shape index (κ1) is 11.9. The van der Waals surface area contributed by atoms with Crippen molar-refractivity contribution in [1.82, 2.24) is 0 Å². The number of aromatic carboxylic acids is 2. The monoisotopic (exact) mass is 246 g/mol. The summed E-state index contributed by atoms with van der Waals surface area (Å²) in [7, 11) is 0. The van der Waals surface area contributed by atoms with E-state index in [1.165, 1.54) is 12.1 Å². The summed E-state index contributed by atoms with van der Waals surface area (Å²) < 4.78 is 0. The molecule has 2 aromatic carbocycles. The van der Waals surface area contributed by atoms with E-state index in [4.69, 9.17) is 10.2 Å². The number of hydrogen-bond acceptors (Lipinski definition) is 3. The molecule has 0 aliphatic rings. The second kappa shape index (κ2) is 4.03. The smallest absolute Gasteiger partial charge is 0.336 e. The molecule has 0 amide bonds. The fraction of sp³-hybridized carbons (Fsp3) is 0.0769. The molecule has 92 valence electrons. The van der Waals surface area contributed by atoms with E-state index in [0.717, 1.165) is 6.07 Å². The normalized spacial score (nSPS) is 10.5. The minimum absolute atomic E-state index is 0.0898. The Morgan fingerprint density at radius 2 is 1.67 bits per heavy atom. The molecule has 18 heavy (non-hydrogen) atoms. The predicted octanol–water partition coefficient (Wildman–Crippen LogP) is 2.25. The summed E-state index contributed by atoms with van der Waals surface area (Å²) in [6, 6.07) is 5.52. The molecule has 0 saturated carbocycles. The molecule has 0 unspecified atom stereocenters. The molecule has 0 aromatic heterocycles. The Labute approximate surface area is 102 Å². The maximum atomic E-state index is 11.1. The van der Waals surface area contributed by atoms with Crippen LogP contribution in [0.25, 0.3) is 10.8 Å². The van der Waals surface area contributed by atoms with Crippen LogP contribution in [0.1, 0.15) is 26.3 Å². The summed E-state index contributed by atoms with van der Waals surface area (Å²) in [5.41, 5.74) is 0.150. The zero-order chi connectivity index (χ0) is 13.4. The first-order valence-electron chi connectivity index (χ1n) is 5.15. The lowest BCUT2D eigenvalue weighted by Crippen LogP contribution is -2.05. The molecular weight excluding hydrogens is 236 g/mol. The summed E-state index contributed by atoms with van der Waals surface area (Å²) in [6.45, 7) is 1.61. The Kier molecular flexibility index (Phi) is 2.67. The zero-order valence-corrected chi connectivity index (χ0v) is 9.47. The number of benzene rings is 2. The van der Waals surface area contributed by atoms with Gasteiger partial charge in [0.15, 0.2) is 0 Å². The minimum Gasteiger partial charge on any atom is -0.508 e. The quantitative estimate of drug-likeness (QED) is 0.755. The van der Waals surface area contributed by atoms with E-state index in [0.29, 0.717) is 10.9 Å². The van der Waals surface area contributed by atoms with Crippen molar-refractivity contribution in [1.29, 1.82) is 0 Å². The van der Waals surface area contributed by atoms with Gasteiger partial charge in [-0.15, -0.1) is 0 Å². The number of phenolic OH excluding ortho intramolecular Hbond substituents is 1. The van der Waals surface area contributed by atoms with E-state index >= 15 is 0 Å². The van der Waals surface area contributed by atoms with Crippen molar-refractivity contribution in [3.63, 3.8) is 0 Å². The number of carboxylic acids is 2. The Balaban J connectivity index is 3.04. The van der Waals surface area contributed by atoms with Gasteiger partial charge in [0.05, 0.1) is 11.1 Å². The Bertz CT molecular complexity index is 673. The molecule has 0 bridgehead atoms. The van der Waals surface area contributed by atoms with Crippen molar-refractivity contribution in [3.05, 3.63) is 41.0 Å². The highest BCUT2D eigenvalue weighted by Gasteiger charge is 2.19. The molecule has 5 heteroatoms. The third-order valence-corrected chi connectivity index (χ3v) is 2.86. The van der Waals surface area contributed by atoms with Crippen LogP contribution in [0.5, 0.6) is 5.75 Å². The van der Waals surface area contributed by atoms with Crippen LogP contribution in [-0.2, 0) is 0 Å². The molecule has 0 heterocycles. The molecule has 3 N–H and O–H groups in total. The fourth-order valence-corrected chi connectivity index (χ4v) is 1.96. The van der Waals surface area contributed by atoms with E-state index in [1.54, 1.807) is 13.0 Å². The van der Waals surface area contributed by atoms with E-state index in [9.17, 15) is 14.7 Å². The summed E-state index contributed by atoms with van der Waals surface area (Å²) >= 11 is 0. The van der Waals surface area contributed by atoms with Crippen molar-refractivity contribution in [2.24, 2.45) is 0 Å². The van der Waals surface area contributed by atoms with Crippen LogP contribution in [0.4, 0.5) is 0 Å². The van der Waals surface area contributed by atoms with Gasteiger partial charge in [-0.1, -0.05) is 12.1 Å². The number of fused-ring (bicyclic) bond motifs is 1. The number of hydrogen-bond donors (Lipinski definition) is 3. The van der Waals surface area contributed by atoms with Gasteiger partial charge < -0.3 is 15.3 Å². The molecule has 5 nitrogen and oxygen atoms in total. The van der Waals surface area contributed by atoms with Crippen LogP contribution >= 0.6 is 0 Å². The lowest BCUT2D eigenvalue weighted by Gasteiger charge is -2.10. The number of aromatic hydroxyl groups is 1. The second-order valence-corrected chi connectivity index (χ2v) is 3.91. The van der Waals surface area contributed by atoms with Gasteiger partial charge in [-0.2, -0.15) is 0 Å². The van der Waals surface area contributed by atoms with Gasteiger partial charge in [0.2, 0.25) is 0 Å². The van der Waals surface area contributed by atoms with Gasteiger partial charge in [-0.05, 0) is 30.0 Å². The number of phenols is 1. The van der Waals surface area contributed by atoms with Crippen molar-refractivity contribution in [2.45, 2.75) is 6.92 Å². The van der Waals surface area contributed by atoms with Crippen molar-refractivity contribution < 1.29 is 24.9 Å². The minimum atomic E-state index is -1.27. The molecular formula is C13H10O5. The van der Waals surface area contributed by atoms with Crippen LogP contribution in [0.15, 0.2) is 24.3 Å². The third-order valence-electron chi connectivity index (χ3n) is 2.86. The lowest BCUT2D eigenvalue weighted by atomic mass is 9.95. The van der Waals surface area contributed by atoms with Crippen LogP contribution in [0.2, 0.25) is 0 Å². The van der Waals surface area contributed by atoms with Gasteiger partial charge in [0.25, 0.3) is 0 Å². The highest BCUT2D eigenvalue weighted by molar-refractivity contribution is 6.13. The standard InChI is InChI=1S/C13H10O5/c1-6-7-3-2-4-8(12(15)16)11(7)9(13(17)18)5-10(6)14/h2-5,14H,1H3,(H,15,16)(H,17,18). The summed E-state index contributed by atoms with van der Waals surface area (Å²) in [4.78, 5) is 22.3. The van der Waals surface area contributed by atoms with Crippen LogP contribution in [-0.4, -0.2) is 27.3 Å². The predicted molar refractivity (Wildman–Crippen MR) is 64.3 cm³/mol. The number of carbonyl (C=O) groups is 2. The van der Waals surface area contributed by atoms with Crippen molar-refractivity contribution in [3.8, 4) is 5.75 Å². The molecule has 0 atom stereocenters. The Hall–Kier alpha value is -2.56. The maximum Gasteiger partial charge on any atom is 0.336 e. The van der Waals surface area contributed by atoms with Gasteiger partial charge in [-0.25, -0.2) is 9.59 Å². The zero-order valence-electron chi connectivity index (χ0n) is 9.47. The molecule has 0 spiro atoms. The molecule has 0 saturated heterocycles. The Morgan fingerprint density at radius 3 is 2.22 bits per heavy atom. The van der Waals surface area contributed by atoms with Crippen molar-refractivity contribution in [2.75, 3.05) is 0 Å². The molecule has 0 radical (unpaired) electrons. The summed E-state index contributed by atoms with van der Waals surface area (Å²) in [5, 5.41) is 28.4. The number of rotatable bonds is 2. The van der Waals surface area contributed by atoms with E-state index in [2.05, 4.69) is 0 Å². The highest BCUT2D eigenvalue weighted by Crippen LogP contribution is 2.32. The number of aryl methyl sites for hydroxylation is 1. The largest absolute Gasteiger partial charge is 0.508 e. The molecule has 0 fully saturated rings.